The van der Waals surface area contributed by atoms with E-state index in [1.54, 1.807) is 31.4 Å². The number of rotatable bonds is 5. The van der Waals surface area contributed by atoms with Crippen molar-refractivity contribution in [1.29, 1.82) is 0 Å². The fourth-order valence-electron chi connectivity index (χ4n) is 2.94. The standard InChI is InChI=1S/C22H18N4O2S/c1-28-19-14-12-16(13-15-19)23-24-20-21(29)26(18-10-6-3-7-11-18)22(27)25(20)17-8-4-2-5-9-17/h2-15,29H,1H3. The number of imidazole rings is 1. The Labute approximate surface area is 173 Å². The number of azo groups is 1. The summed E-state index contributed by atoms with van der Waals surface area (Å²) in [6.45, 7) is 0. The van der Waals surface area contributed by atoms with Crippen LogP contribution in [0.4, 0.5) is 11.5 Å². The molecular weight excluding hydrogens is 384 g/mol. The number of aromatic nitrogens is 2. The minimum atomic E-state index is -0.268. The Kier molecular flexibility index (Phi) is 5.31. The van der Waals surface area contributed by atoms with Gasteiger partial charge in [0.05, 0.1) is 24.2 Å². The molecule has 144 valence electrons. The summed E-state index contributed by atoms with van der Waals surface area (Å²) in [5, 5.41) is 9.06. The molecule has 0 aliphatic carbocycles. The molecule has 0 atom stereocenters. The Balaban J connectivity index is 1.87. The van der Waals surface area contributed by atoms with Gasteiger partial charge in [0.15, 0.2) is 5.82 Å². The van der Waals surface area contributed by atoms with Crippen molar-refractivity contribution < 1.29 is 4.74 Å². The summed E-state index contributed by atoms with van der Waals surface area (Å²) in [4.78, 5) is 13.3. The third-order valence-corrected chi connectivity index (χ3v) is 4.77. The average molecular weight is 402 g/mol. The van der Waals surface area contributed by atoms with Gasteiger partial charge in [0.2, 0.25) is 0 Å². The zero-order valence-corrected chi connectivity index (χ0v) is 16.5. The van der Waals surface area contributed by atoms with E-state index < -0.39 is 0 Å². The molecular formula is C22H18N4O2S. The first-order chi connectivity index (χ1) is 14.2. The van der Waals surface area contributed by atoms with Gasteiger partial charge >= 0.3 is 5.69 Å². The second-order valence-electron chi connectivity index (χ2n) is 6.17. The van der Waals surface area contributed by atoms with Crippen LogP contribution in [0.5, 0.6) is 5.75 Å². The lowest BCUT2D eigenvalue weighted by atomic mass is 10.3. The quantitative estimate of drug-likeness (QED) is 0.362. The van der Waals surface area contributed by atoms with Crippen molar-refractivity contribution in [3.8, 4) is 17.1 Å². The lowest BCUT2D eigenvalue weighted by Gasteiger charge is -2.03. The zero-order valence-electron chi connectivity index (χ0n) is 15.6. The van der Waals surface area contributed by atoms with Gasteiger partial charge in [-0.05, 0) is 48.5 Å². The molecule has 0 aliphatic heterocycles. The van der Waals surface area contributed by atoms with Gasteiger partial charge < -0.3 is 4.74 Å². The minimum absolute atomic E-state index is 0.268. The molecule has 7 heteroatoms. The Morgan fingerprint density at radius 3 is 1.86 bits per heavy atom. The van der Waals surface area contributed by atoms with Gasteiger partial charge in [0.25, 0.3) is 0 Å². The molecule has 0 amide bonds. The number of ether oxygens (including phenoxy) is 1. The maximum atomic E-state index is 13.3. The van der Waals surface area contributed by atoms with Crippen molar-refractivity contribution in [1.82, 2.24) is 9.13 Å². The van der Waals surface area contributed by atoms with Gasteiger partial charge in [-0.15, -0.1) is 22.9 Å². The lowest BCUT2D eigenvalue weighted by Crippen LogP contribution is -2.22. The SMILES string of the molecule is COc1ccc(N=Nc2c(S)n(-c3ccccc3)c(=O)n2-c2ccccc2)cc1. The molecule has 0 aliphatic rings. The first-order valence-electron chi connectivity index (χ1n) is 8.92. The minimum Gasteiger partial charge on any atom is -0.497 e. The van der Waals surface area contributed by atoms with E-state index >= 15 is 0 Å². The number of hydrogen-bond donors (Lipinski definition) is 1. The van der Waals surface area contributed by atoms with E-state index in [-0.39, 0.29) is 5.69 Å². The van der Waals surface area contributed by atoms with Crippen molar-refractivity contribution in [2.24, 2.45) is 10.2 Å². The van der Waals surface area contributed by atoms with E-state index in [1.165, 1.54) is 9.13 Å². The molecule has 0 N–H and O–H groups in total. The van der Waals surface area contributed by atoms with E-state index in [9.17, 15) is 4.79 Å². The molecule has 0 spiro atoms. The molecule has 0 fully saturated rings. The maximum Gasteiger partial charge on any atom is 0.340 e. The van der Waals surface area contributed by atoms with Gasteiger partial charge in [-0.2, -0.15) is 0 Å². The van der Waals surface area contributed by atoms with Crippen LogP contribution in [0.1, 0.15) is 0 Å². The van der Waals surface area contributed by atoms with Crippen LogP contribution in [-0.2, 0) is 0 Å². The molecule has 0 bridgehead atoms. The van der Waals surface area contributed by atoms with Crippen molar-refractivity contribution >= 4 is 24.1 Å². The van der Waals surface area contributed by atoms with E-state index in [1.807, 2.05) is 60.7 Å². The summed E-state index contributed by atoms with van der Waals surface area (Å²) >= 11 is 4.61. The largest absolute Gasteiger partial charge is 0.497 e. The monoisotopic (exact) mass is 402 g/mol. The zero-order chi connectivity index (χ0) is 20.2. The summed E-state index contributed by atoms with van der Waals surface area (Å²) in [6.07, 6.45) is 0. The van der Waals surface area contributed by atoms with Gasteiger partial charge in [0, 0.05) is 0 Å². The number of para-hydroxylation sites is 2. The van der Waals surface area contributed by atoms with Crippen molar-refractivity contribution in [3.63, 3.8) is 0 Å². The summed E-state index contributed by atoms with van der Waals surface area (Å²) < 4.78 is 8.18. The second-order valence-corrected chi connectivity index (χ2v) is 6.59. The summed E-state index contributed by atoms with van der Waals surface area (Å²) in [6, 6.07) is 25.8. The number of benzene rings is 3. The molecule has 29 heavy (non-hydrogen) atoms. The smallest absolute Gasteiger partial charge is 0.340 e. The fraction of sp³-hybridized carbons (Fsp3) is 0.0455. The first kappa shape index (κ1) is 18.8. The summed E-state index contributed by atoms with van der Waals surface area (Å²) in [7, 11) is 1.61. The van der Waals surface area contributed by atoms with Crippen LogP contribution >= 0.6 is 12.6 Å². The third-order valence-electron chi connectivity index (χ3n) is 4.37. The van der Waals surface area contributed by atoms with E-state index in [0.29, 0.717) is 27.9 Å². The topological polar surface area (TPSA) is 60.9 Å². The highest BCUT2D eigenvalue weighted by molar-refractivity contribution is 7.80. The second kappa shape index (κ2) is 8.20. The molecule has 1 heterocycles. The highest BCUT2D eigenvalue weighted by Crippen LogP contribution is 2.30. The summed E-state index contributed by atoms with van der Waals surface area (Å²) in [5.41, 5.74) is 1.76. The average Bonchev–Trinajstić information content (AvgIpc) is 3.03. The molecule has 0 saturated heterocycles. The van der Waals surface area contributed by atoms with Crippen LogP contribution in [-0.4, -0.2) is 16.2 Å². The van der Waals surface area contributed by atoms with Gasteiger partial charge in [0.1, 0.15) is 10.8 Å². The van der Waals surface area contributed by atoms with Crippen LogP contribution in [0.3, 0.4) is 0 Å². The first-order valence-corrected chi connectivity index (χ1v) is 9.37. The van der Waals surface area contributed by atoms with Crippen molar-refractivity contribution in [2.75, 3.05) is 7.11 Å². The van der Waals surface area contributed by atoms with Gasteiger partial charge in [-0.1, -0.05) is 36.4 Å². The van der Waals surface area contributed by atoms with Gasteiger partial charge in [-0.25, -0.2) is 9.36 Å². The van der Waals surface area contributed by atoms with Crippen LogP contribution in [0.15, 0.2) is 105 Å². The van der Waals surface area contributed by atoms with Gasteiger partial charge in [-0.3, -0.25) is 4.57 Å². The summed E-state index contributed by atoms with van der Waals surface area (Å²) in [5.74, 6) is 1.08. The normalized spacial score (nSPS) is 11.1. The predicted octanol–water partition coefficient (Wildman–Crippen LogP) is 5.34. The van der Waals surface area contributed by atoms with Crippen molar-refractivity contribution in [2.45, 2.75) is 5.03 Å². The Bertz CT molecular complexity index is 1200. The highest BCUT2D eigenvalue weighted by Gasteiger charge is 2.20. The highest BCUT2D eigenvalue weighted by atomic mass is 32.1. The molecule has 4 rings (SSSR count). The third kappa shape index (κ3) is 3.72. The molecule has 1 aromatic heterocycles. The number of hydrogen-bond acceptors (Lipinski definition) is 5. The van der Waals surface area contributed by atoms with Crippen LogP contribution in [0.2, 0.25) is 0 Å². The lowest BCUT2D eigenvalue weighted by molar-refractivity contribution is 0.415. The fourth-order valence-corrected chi connectivity index (χ4v) is 3.29. The van der Waals surface area contributed by atoms with Crippen LogP contribution in [0.25, 0.3) is 11.4 Å². The Morgan fingerprint density at radius 1 is 0.759 bits per heavy atom. The maximum absolute atomic E-state index is 13.3. The Hall–Kier alpha value is -3.58. The molecule has 0 saturated carbocycles. The van der Waals surface area contributed by atoms with Crippen molar-refractivity contribution in [3.05, 3.63) is 95.4 Å². The molecule has 4 aromatic rings. The van der Waals surface area contributed by atoms with E-state index in [2.05, 4.69) is 22.9 Å². The van der Waals surface area contributed by atoms with E-state index in [0.717, 1.165) is 5.75 Å². The molecule has 0 unspecified atom stereocenters. The van der Waals surface area contributed by atoms with Crippen LogP contribution in [0, 0.1) is 0 Å². The Morgan fingerprint density at radius 2 is 1.31 bits per heavy atom. The molecule has 6 nitrogen and oxygen atoms in total. The van der Waals surface area contributed by atoms with E-state index in [4.69, 9.17) is 4.74 Å². The number of methoxy groups -OCH3 is 1. The number of thiol groups is 1. The number of nitrogens with zero attached hydrogens (tertiary/aromatic N) is 4. The van der Waals surface area contributed by atoms with Crippen LogP contribution < -0.4 is 10.4 Å². The predicted molar refractivity (Wildman–Crippen MR) is 116 cm³/mol. The molecule has 3 aromatic carbocycles. The molecule has 0 radical (unpaired) electrons.